The summed E-state index contributed by atoms with van der Waals surface area (Å²) in [5.74, 6) is 0.659. The molecule has 0 spiro atoms. The van der Waals surface area contributed by atoms with E-state index in [1.54, 1.807) is 18.3 Å². The molecule has 0 unspecified atom stereocenters. The molecule has 5 heteroatoms. The van der Waals surface area contributed by atoms with E-state index in [1.165, 1.54) is 32.1 Å². The van der Waals surface area contributed by atoms with Crippen molar-refractivity contribution in [3.63, 3.8) is 0 Å². The number of nitrogens with two attached hydrogens (primary N) is 1. The first-order chi connectivity index (χ1) is 10.0. The van der Waals surface area contributed by atoms with Crippen molar-refractivity contribution < 1.29 is 4.79 Å². The highest BCUT2D eigenvalue weighted by atomic mass is 35.5. The first-order valence-electron chi connectivity index (χ1n) is 7.98. The Morgan fingerprint density at radius 2 is 2.09 bits per heavy atom. The second-order valence-electron chi connectivity index (χ2n) is 6.73. The second kappa shape index (κ2) is 8.49. The van der Waals surface area contributed by atoms with Crippen molar-refractivity contribution in [3.8, 4) is 0 Å². The Morgan fingerprint density at radius 1 is 1.41 bits per heavy atom. The first kappa shape index (κ1) is 18.9. The molecule has 2 rings (SSSR count). The Balaban J connectivity index is 0.00000242. The van der Waals surface area contributed by atoms with Crippen LogP contribution in [0.5, 0.6) is 0 Å². The Labute approximate surface area is 139 Å². The predicted octanol–water partition coefficient (Wildman–Crippen LogP) is 3.30. The van der Waals surface area contributed by atoms with Gasteiger partial charge in [0.1, 0.15) is 0 Å². The van der Waals surface area contributed by atoms with Crippen LogP contribution in [0.4, 0.5) is 0 Å². The SMILES string of the molecule is CC(C)CC1(CNC(=O)c2ccnc(CN)c2)CCCC1.Cl. The average molecular weight is 326 g/mol. The molecule has 1 heterocycles. The zero-order chi connectivity index (χ0) is 15.3. The number of halogens is 1. The van der Waals surface area contributed by atoms with Gasteiger partial charge in [-0.3, -0.25) is 9.78 Å². The van der Waals surface area contributed by atoms with Gasteiger partial charge in [0.05, 0.1) is 5.69 Å². The van der Waals surface area contributed by atoms with Gasteiger partial charge in [-0.2, -0.15) is 0 Å². The molecule has 0 atom stereocenters. The van der Waals surface area contributed by atoms with Crippen LogP contribution >= 0.6 is 12.4 Å². The zero-order valence-corrected chi connectivity index (χ0v) is 14.4. The summed E-state index contributed by atoms with van der Waals surface area (Å²) in [4.78, 5) is 16.4. The van der Waals surface area contributed by atoms with E-state index in [0.29, 0.717) is 23.4 Å². The number of pyridine rings is 1. The molecule has 0 aromatic carbocycles. The number of amides is 1. The minimum atomic E-state index is -0.0119. The molecule has 0 radical (unpaired) electrons. The summed E-state index contributed by atoms with van der Waals surface area (Å²) in [6.07, 6.45) is 7.88. The summed E-state index contributed by atoms with van der Waals surface area (Å²) in [5.41, 5.74) is 7.28. The normalized spacial score (nSPS) is 16.4. The van der Waals surface area contributed by atoms with Crippen molar-refractivity contribution in [1.82, 2.24) is 10.3 Å². The molecule has 1 fully saturated rings. The van der Waals surface area contributed by atoms with E-state index in [4.69, 9.17) is 5.73 Å². The van der Waals surface area contributed by atoms with Crippen LogP contribution in [0.25, 0.3) is 0 Å². The molecule has 124 valence electrons. The van der Waals surface area contributed by atoms with Gasteiger partial charge >= 0.3 is 0 Å². The van der Waals surface area contributed by atoms with Gasteiger partial charge in [0, 0.05) is 24.8 Å². The highest BCUT2D eigenvalue weighted by Gasteiger charge is 2.34. The smallest absolute Gasteiger partial charge is 0.251 e. The van der Waals surface area contributed by atoms with Crippen molar-refractivity contribution in [2.45, 2.75) is 52.5 Å². The molecule has 0 aliphatic heterocycles. The van der Waals surface area contributed by atoms with Crippen molar-refractivity contribution in [2.75, 3.05) is 6.54 Å². The van der Waals surface area contributed by atoms with Gasteiger partial charge in [0.15, 0.2) is 0 Å². The zero-order valence-electron chi connectivity index (χ0n) is 13.6. The Hall–Kier alpha value is -1.13. The lowest BCUT2D eigenvalue weighted by Gasteiger charge is -2.31. The summed E-state index contributed by atoms with van der Waals surface area (Å²) < 4.78 is 0. The molecule has 3 N–H and O–H groups in total. The third-order valence-electron chi connectivity index (χ3n) is 4.42. The molecule has 1 aromatic rings. The molecule has 1 aliphatic rings. The molecule has 1 aromatic heterocycles. The fourth-order valence-corrected chi connectivity index (χ4v) is 3.54. The largest absolute Gasteiger partial charge is 0.351 e. The topological polar surface area (TPSA) is 68.0 Å². The number of carbonyl (C=O) groups is 1. The molecule has 1 amide bonds. The van der Waals surface area contributed by atoms with Crippen LogP contribution in [-0.2, 0) is 6.54 Å². The number of hydrogen-bond acceptors (Lipinski definition) is 3. The molecule has 0 bridgehead atoms. The van der Waals surface area contributed by atoms with Crippen molar-refractivity contribution >= 4 is 18.3 Å². The number of nitrogens with one attached hydrogen (secondary N) is 1. The second-order valence-corrected chi connectivity index (χ2v) is 6.73. The summed E-state index contributed by atoms with van der Waals surface area (Å²) in [5, 5.41) is 3.13. The van der Waals surface area contributed by atoms with Gasteiger partial charge in [-0.25, -0.2) is 0 Å². The Kier molecular flexibility index (Phi) is 7.30. The van der Waals surface area contributed by atoms with Crippen LogP contribution in [0.3, 0.4) is 0 Å². The van der Waals surface area contributed by atoms with E-state index < -0.39 is 0 Å². The van der Waals surface area contributed by atoms with Crippen LogP contribution < -0.4 is 11.1 Å². The molecule has 1 aliphatic carbocycles. The van der Waals surface area contributed by atoms with Crippen LogP contribution in [0.1, 0.15) is 62.0 Å². The van der Waals surface area contributed by atoms with Crippen LogP contribution in [0.2, 0.25) is 0 Å². The Bertz CT molecular complexity index is 485. The van der Waals surface area contributed by atoms with Gasteiger partial charge in [0.25, 0.3) is 5.91 Å². The van der Waals surface area contributed by atoms with Crippen molar-refractivity contribution in [3.05, 3.63) is 29.6 Å². The Morgan fingerprint density at radius 3 is 2.68 bits per heavy atom. The summed E-state index contributed by atoms with van der Waals surface area (Å²) in [6.45, 7) is 5.67. The van der Waals surface area contributed by atoms with E-state index in [1.807, 2.05) is 0 Å². The summed E-state index contributed by atoms with van der Waals surface area (Å²) in [6, 6.07) is 3.53. The minimum absolute atomic E-state index is 0. The third-order valence-corrected chi connectivity index (χ3v) is 4.42. The first-order valence-corrected chi connectivity index (χ1v) is 7.98. The van der Waals surface area contributed by atoms with Crippen LogP contribution in [-0.4, -0.2) is 17.4 Å². The number of aromatic nitrogens is 1. The van der Waals surface area contributed by atoms with Crippen LogP contribution in [0.15, 0.2) is 18.3 Å². The number of nitrogens with zero attached hydrogens (tertiary/aromatic N) is 1. The van der Waals surface area contributed by atoms with Gasteiger partial charge in [0.2, 0.25) is 0 Å². The molecule has 22 heavy (non-hydrogen) atoms. The van der Waals surface area contributed by atoms with Gasteiger partial charge in [-0.15, -0.1) is 12.4 Å². The maximum absolute atomic E-state index is 12.3. The van der Waals surface area contributed by atoms with Gasteiger partial charge in [-0.1, -0.05) is 26.7 Å². The monoisotopic (exact) mass is 325 g/mol. The van der Waals surface area contributed by atoms with Gasteiger partial charge in [-0.05, 0) is 42.7 Å². The highest BCUT2D eigenvalue weighted by Crippen LogP contribution is 2.42. The highest BCUT2D eigenvalue weighted by molar-refractivity contribution is 5.94. The number of rotatable bonds is 6. The van der Waals surface area contributed by atoms with E-state index in [0.717, 1.165) is 12.2 Å². The van der Waals surface area contributed by atoms with E-state index in [9.17, 15) is 4.79 Å². The maximum Gasteiger partial charge on any atom is 0.251 e. The maximum atomic E-state index is 12.3. The number of carbonyl (C=O) groups excluding carboxylic acids is 1. The van der Waals surface area contributed by atoms with Crippen molar-refractivity contribution in [1.29, 1.82) is 0 Å². The molecule has 0 saturated heterocycles. The number of hydrogen-bond donors (Lipinski definition) is 2. The molecule has 1 saturated carbocycles. The average Bonchev–Trinajstić information content (AvgIpc) is 2.93. The van der Waals surface area contributed by atoms with Crippen LogP contribution in [0, 0.1) is 11.3 Å². The van der Waals surface area contributed by atoms with Crippen molar-refractivity contribution in [2.24, 2.45) is 17.1 Å². The quantitative estimate of drug-likeness (QED) is 0.843. The minimum Gasteiger partial charge on any atom is -0.351 e. The summed E-state index contributed by atoms with van der Waals surface area (Å²) >= 11 is 0. The molecular formula is C17H28ClN3O. The lowest BCUT2D eigenvalue weighted by atomic mass is 9.78. The molecular weight excluding hydrogens is 298 g/mol. The lowest BCUT2D eigenvalue weighted by Crippen LogP contribution is -2.37. The summed E-state index contributed by atoms with van der Waals surface area (Å²) in [7, 11) is 0. The molecule has 4 nitrogen and oxygen atoms in total. The fourth-order valence-electron chi connectivity index (χ4n) is 3.54. The van der Waals surface area contributed by atoms with E-state index in [-0.39, 0.29) is 18.3 Å². The standard InChI is InChI=1S/C17H27N3O.ClH/c1-13(2)10-17(6-3-4-7-17)12-20-16(21)14-5-8-19-15(9-14)11-18;/h5,8-9,13H,3-4,6-7,10-12,18H2,1-2H3,(H,20,21);1H. The van der Waals surface area contributed by atoms with Gasteiger partial charge < -0.3 is 11.1 Å². The van der Waals surface area contributed by atoms with E-state index >= 15 is 0 Å². The lowest BCUT2D eigenvalue weighted by molar-refractivity contribution is 0.0921. The fraction of sp³-hybridized carbons (Fsp3) is 0.647. The predicted molar refractivity (Wildman–Crippen MR) is 92.1 cm³/mol. The van der Waals surface area contributed by atoms with E-state index in [2.05, 4.69) is 24.1 Å². The third kappa shape index (κ3) is 4.96.